The number of methoxy groups -OCH3 is 1. The average molecular weight is 261 g/mol. The van der Waals surface area contributed by atoms with Crippen molar-refractivity contribution < 1.29 is 4.74 Å². The van der Waals surface area contributed by atoms with Gasteiger partial charge < -0.3 is 10.5 Å². The van der Waals surface area contributed by atoms with E-state index in [9.17, 15) is 0 Å². The molecule has 2 nitrogen and oxygen atoms in total. The monoisotopic (exact) mass is 261 g/mol. The molecule has 0 aromatic heterocycles. The maximum Gasteiger partial charge on any atom is 0.118 e. The molecule has 0 saturated heterocycles. The Kier molecular flexibility index (Phi) is 4.51. The van der Waals surface area contributed by atoms with Crippen LogP contribution in [-0.4, -0.2) is 13.7 Å². The summed E-state index contributed by atoms with van der Waals surface area (Å²) < 4.78 is 5.22. The van der Waals surface area contributed by atoms with Gasteiger partial charge in [0.15, 0.2) is 0 Å². The van der Waals surface area contributed by atoms with Crippen molar-refractivity contribution in [2.24, 2.45) is 17.1 Å². The molecule has 0 spiro atoms. The van der Waals surface area contributed by atoms with Gasteiger partial charge in [-0.3, -0.25) is 0 Å². The highest BCUT2D eigenvalue weighted by Gasteiger charge is 2.31. The highest BCUT2D eigenvalue weighted by atomic mass is 16.5. The predicted octanol–water partition coefficient (Wildman–Crippen LogP) is 3.95. The maximum absolute atomic E-state index is 6.04. The zero-order chi connectivity index (χ0) is 13.9. The Balaban J connectivity index is 2.07. The minimum Gasteiger partial charge on any atom is -0.497 e. The summed E-state index contributed by atoms with van der Waals surface area (Å²) in [6.45, 7) is 5.51. The minimum absolute atomic E-state index is 0.502. The molecule has 1 atom stereocenters. The quantitative estimate of drug-likeness (QED) is 0.890. The first-order chi connectivity index (χ1) is 9.05. The van der Waals surface area contributed by atoms with Gasteiger partial charge in [0.25, 0.3) is 0 Å². The van der Waals surface area contributed by atoms with Gasteiger partial charge in [0.05, 0.1) is 7.11 Å². The van der Waals surface area contributed by atoms with Crippen molar-refractivity contribution in [1.29, 1.82) is 0 Å². The summed E-state index contributed by atoms with van der Waals surface area (Å²) in [5.41, 5.74) is 7.93. The van der Waals surface area contributed by atoms with Crippen molar-refractivity contribution in [3.05, 3.63) is 29.8 Å². The van der Waals surface area contributed by atoms with Crippen LogP contribution in [0.5, 0.6) is 5.75 Å². The molecule has 1 saturated carbocycles. The summed E-state index contributed by atoms with van der Waals surface area (Å²) in [5, 5.41) is 0. The lowest BCUT2D eigenvalue weighted by molar-refractivity contribution is 0.173. The van der Waals surface area contributed by atoms with Crippen LogP contribution in [0, 0.1) is 11.3 Å². The van der Waals surface area contributed by atoms with E-state index in [1.54, 1.807) is 7.11 Å². The smallest absolute Gasteiger partial charge is 0.118 e. The number of rotatable bonds is 4. The molecule has 19 heavy (non-hydrogen) atoms. The lowest BCUT2D eigenvalue weighted by atomic mass is 9.68. The van der Waals surface area contributed by atoms with E-state index in [0.717, 1.165) is 18.2 Å². The van der Waals surface area contributed by atoms with Gasteiger partial charge >= 0.3 is 0 Å². The molecular formula is C17H27NO. The molecule has 0 radical (unpaired) electrons. The molecule has 1 aromatic carbocycles. The molecule has 0 unspecified atom stereocenters. The molecular weight excluding hydrogens is 234 g/mol. The van der Waals surface area contributed by atoms with Gasteiger partial charge in [-0.05, 0) is 67.2 Å². The average Bonchev–Trinajstić information content (AvgIpc) is 2.42. The van der Waals surface area contributed by atoms with E-state index < -0.39 is 0 Å². The number of nitrogens with two attached hydrogens (primary N) is 1. The molecule has 1 aliphatic rings. The van der Waals surface area contributed by atoms with Gasteiger partial charge in [0.2, 0.25) is 0 Å². The Bertz CT molecular complexity index is 386. The number of hydrogen-bond acceptors (Lipinski definition) is 2. The van der Waals surface area contributed by atoms with E-state index in [4.69, 9.17) is 10.5 Å². The molecule has 0 aliphatic heterocycles. The number of ether oxygens (including phenoxy) is 1. The summed E-state index contributed by atoms with van der Waals surface area (Å²) in [7, 11) is 1.71. The van der Waals surface area contributed by atoms with Crippen LogP contribution >= 0.6 is 0 Å². The molecule has 0 bridgehead atoms. The molecule has 1 aliphatic carbocycles. The van der Waals surface area contributed by atoms with Gasteiger partial charge in [-0.2, -0.15) is 0 Å². The Morgan fingerprint density at radius 2 is 1.79 bits per heavy atom. The Labute approximate surface area is 117 Å². The number of benzene rings is 1. The lowest BCUT2D eigenvalue weighted by Gasteiger charge is -2.38. The molecule has 2 N–H and O–H groups in total. The molecule has 0 amide bonds. The topological polar surface area (TPSA) is 35.2 Å². The van der Waals surface area contributed by atoms with E-state index in [-0.39, 0.29) is 0 Å². The van der Waals surface area contributed by atoms with Crippen LogP contribution < -0.4 is 10.5 Å². The van der Waals surface area contributed by atoms with Crippen LogP contribution in [-0.2, 0) is 0 Å². The zero-order valence-electron chi connectivity index (χ0n) is 12.5. The van der Waals surface area contributed by atoms with E-state index in [1.807, 2.05) is 12.1 Å². The highest BCUT2D eigenvalue weighted by molar-refractivity contribution is 5.30. The van der Waals surface area contributed by atoms with Crippen molar-refractivity contribution in [3.8, 4) is 5.75 Å². The Morgan fingerprint density at radius 1 is 1.21 bits per heavy atom. The maximum atomic E-state index is 6.04. The van der Waals surface area contributed by atoms with Gasteiger partial charge in [-0.25, -0.2) is 0 Å². The van der Waals surface area contributed by atoms with E-state index in [1.165, 1.54) is 31.2 Å². The van der Waals surface area contributed by atoms with E-state index in [0.29, 0.717) is 11.3 Å². The first-order valence-electron chi connectivity index (χ1n) is 7.40. The molecule has 106 valence electrons. The van der Waals surface area contributed by atoms with Crippen LogP contribution in [0.15, 0.2) is 24.3 Å². The van der Waals surface area contributed by atoms with Gasteiger partial charge in [-0.1, -0.05) is 26.0 Å². The normalized spacial score (nSPS) is 21.1. The zero-order valence-corrected chi connectivity index (χ0v) is 12.5. The Morgan fingerprint density at radius 3 is 2.26 bits per heavy atom. The summed E-state index contributed by atoms with van der Waals surface area (Å²) in [5.74, 6) is 2.16. The molecule has 2 rings (SSSR count). The molecule has 1 fully saturated rings. The van der Waals surface area contributed by atoms with Crippen LogP contribution in [0.4, 0.5) is 0 Å². The van der Waals surface area contributed by atoms with E-state index in [2.05, 4.69) is 26.0 Å². The SMILES string of the molecule is COc1ccc([C@H](CN)C2CCC(C)(C)CC2)cc1. The summed E-state index contributed by atoms with van der Waals surface area (Å²) in [6.07, 6.45) is 5.26. The fourth-order valence-corrected chi connectivity index (χ4v) is 3.28. The van der Waals surface area contributed by atoms with Gasteiger partial charge in [0.1, 0.15) is 5.75 Å². The highest BCUT2D eigenvalue weighted by Crippen LogP contribution is 2.43. The second-order valence-corrected chi connectivity index (χ2v) is 6.62. The molecule has 1 aromatic rings. The van der Waals surface area contributed by atoms with Crippen LogP contribution in [0.25, 0.3) is 0 Å². The fraction of sp³-hybridized carbons (Fsp3) is 0.647. The van der Waals surface area contributed by atoms with E-state index >= 15 is 0 Å². The summed E-state index contributed by atoms with van der Waals surface area (Å²) in [6, 6.07) is 8.45. The molecule has 0 heterocycles. The van der Waals surface area contributed by atoms with Crippen molar-refractivity contribution >= 4 is 0 Å². The van der Waals surface area contributed by atoms with Crippen molar-refractivity contribution in [1.82, 2.24) is 0 Å². The second kappa shape index (κ2) is 5.96. The van der Waals surface area contributed by atoms with Crippen molar-refractivity contribution in [3.63, 3.8) is 0 Å². The third-order valence-electron chi connectivity index (χ3n) is 4.75. The summed E-state index contributed by atoms with van der Waals surface area (Å²) in [4.78, 5) is 0. The first kappa shape index (κ1) is 14.4. The van der Waals surface area contributed by atoms with Crippen molar-refractivity contribution in [2.45, 2.75) is 45.4 Å². The lowest BCUT2D eigenvalue weighted by Crippen LogP contribution is -2.28. The van der Waals surface area contributed by atoms with Crippen molar-refractivity contribution in [2.75, 3.05) is 13.7 Å². The van der Waals surface area contributed by atoms with Crippen LogP contribution in [0.3, 0.4) is 0 Å². The first-order valence-corrected chi connectivity index (χ1v) is 7.40. The largest absolute Gasteiger partial charge is 0.497 e. The predicted molar refractivity (Wildman–Crippen MR) is 80.5 cm³/mol. The van der Waals surface area contributed by atoms with Gasteiger partial charge in [0, 0.05) is 0 Å². The fourth-order valence-electron chi connectivity index (χ4n) is 3.28. The number of hydrogen-bond donors (Lipinski definition) is 1. The Hall–Kier alpha value is -1.02. The van der Waals surface area contributed by atoms with Gasteiger partial charge in [-0.15, -0.1) is 0 Å². The van der Waals surface area contributed by atoms with Crippen LogP contribution in [0.1, 0.15) is 51.0 Å². The second-order valence-electron chi connectivity index (χ2n) is 6.62. The standard InChI is InChI=1S/C17H27NO/c1-17(2)10-8-14(9-11-17)16(12-18)13-4-6-15(19-3)7-5-13/h4-7,14,16H,8-12,18H2,1-3H3/t16-/m0/s1. The summed E-state index contributed by atoms with van der Waals surface area (Å²) >= 11 is 0. The minimum atomic E-state index is 0.502. The third kappa shape index (κ3) is 3.50. The van der Waals surface area contributed by atoms with Crippen LogP contribution in [0.2, 0.25) is 0 Å². The molecule has 2 heteroatoms. The third-order valence-corrected chi connectivity index (χ3v) is 4.75.